The summed E-state index contributed by atoms with van der Waals surface area (Å²) in [6.07, 6.45) is -0.0617. The van der Waals surface area contributed by atoms with Crippen LogP contribution in [0.5, 0.6) is 5.75 Å². The van der Waals surface area contributed by atoms with Gasteiger partial charge in [-0.25, -0.2) is 9.59 Å². The minimum atomic E-state index is -0.482. The molecule has 1 aliphatic heterocycles. The highest BCUT2D eigenvalue weighted by Gasteiger charge is 2.33. The summed E-state index contributed by atoms with van der Waals surface area (Å²) >= 11 is 0. The molecule has 1 heterocycles. The molecule has 0 saturated carbocycles. The van der Waals surface area contributed by atoms with Crippen LogP contribution in [-0.4, -0.2) is 55.5 Å². The number of likely N-dealkylation sites (tertiary alicyclic amines) is 1. The minimum Gasteiger partial charge on any atom is -0.493 e. The zero-order valence-corrected chi connectivity index (χ0v) is 20.8. The van der Waals surface area contributed by atoms with E-state index in [-0.39, 0.29) is 12.7 Å². The Morgan fingerprint density at radius 2 is 1.71 bits per heavy atom. The van der Waals surface area contributed by atoms with Crippen LogP contribution in [0, 0.1) is 5.92 Å². The second kappa shape index (κ2) is 13.0. The predicted molar refractivity (Wildman–Crippen MR) is 132 cm³/mol. The molecule has 1 aliphatic rings. The van der Waals surface area contributed by atoms with E-state index in [0.29, 0.717) is 51.8 Å². The van der Waals surface area contributed by atoms with Crippen molar-refractivity contribution >= 4 is 12.2 Å². The molecule has 0 spiro atoms. The molecule has 0 unspecified atom stereocenters. The molecule has 3 rings (SSSR count). The lowest BCUT2D eigenvalue weighted by molar-refractivity contribution is -0.0228. The van der Waals surface area contributed by atoms with Crippen LogP contribution >= 0.6 is 0 Å². The number of nitrogens with zero attached hydrogens (tertiary/aromatic N) is 1. The topological polar surface area (TPSA) is 86.3 Å². The van der Waals surface area contributed by atoms with Crippen molar-refractivity contribution in [1.82, 2.24) is 10.2 Å². The number of rotatable bonds is 11. The largest absolute Gasteiger partial charge is 0.493 e. The normalized spacial score (nSPS) is 13.6. The van der Waals surface area contributed by atoms with Crippen LogP contribution in [0.2, 0.25) is 0 Å². The third-order valence-corrected chi connectivity index (χ3v) is 5.25. The lowest BCUT2D eigenvalue weighted by atomic mass is 10.0. The Labute approximate surface area is 207 Å². The Morgan fingerprint density at radius 3 is 2.46 bits per heavy atom. The highest BCUT2D eigenvalue weighted by atomic mass is 16.6. The number of nitrogens with one attached hydrogen (secondary N) is 1. The molecular formula is C27H36N2O6. The molecule has 190 valence electrons. The maximum atomic E-state index is 12.0. The van der Waals surface area contributed by atoms with Crippen LogP contribution in [0.4, 0.5) is 9.59 Å². The number of carbonyl (C=O) groups excluding carboxylic acids is 2. The molecule has 0 radical (unpaired) electrons. The summed E-state index contributed by atoms with van der Waals surface area (Å²) in [5.41, 5.74) is 1.43. The Hall–Kier alpha value is -3.26. The second-order valence-corrected chi connectivity index (χ2v) is 9.56. The molecule has 8 nitrogen and oxygen atoms in total. The zero-order valence-electron chi connectivity index (χ0n) is 20.8. The number of alkyl carbamates (subject to hydrolysis) is 1. The van der Waals surface area contributed by atoms with Crippen molar-refractivity contribution in [3.63, 3.8) is 0 Å². The van der Waals surface area contributed by atoms with Crippen molar-refractivity contribution in [2.45, 2.75) is 46.0 Å². The first-order chi connectivity index (χ1) is 16.8. The van der Waals surface area contributed by atoms with Crippen molar-refractivity contribution in [2.24, 2.45) is 5.92 Å². The van der Waals surface area contributed by atoms with Gasteiger partial charge < -0.3 is 29.2 Å². The van der Waals surface area contributed by atoms with E-state index >= 15 is 0 Å². The van der Waals surface area contributed by atoms with E-state index in [4.69, 9.17) is 18.9 Å². The number of hydrogen-bond donors (Lipinski definition) is 1. The Balaban J connectivity index is 1.28. The van der Waals surface area contributed by atoms with Gasteiger partial charge in [0.05, 0.1) is 19.8 Å². The molecular weight excluding hydrogens is 448 g/mol. The van der Waals surface area contributed by atoms with E-state index in [0.717, 1.165) is 16.9 Å². The van der Waals surface area contributed by atoms with E-state index in [1.807, 2.05) is 75.4 Å². The van der Waals surface area contributed by atoms with Gasteiger partial charge in [0.25, 0.3) is 0 Å². The number of benzene rings is 2. The lowest BCUT2D eigenvalue weighted by Crippen LogP contribution is -2.53. The highest BCUT2D eigenvalue weighted by Crippen LogP contribution is 2.22. The molecule has 35 heavy (non-hydrogen) atoms. The Bertz CT molecular complexity index is 938. The predicted octanol–water partition coefficient (Wildman–Crippen LogP) is 4.77. The van der Waals surface area contributed by atoms with Crippen molar-refractivity contribution in [3.8, 4) is 5.75 Å². The average molecular weight is 485 g/mol. The molecule has 1 N–H and O–H groups in total. The van der Waals surface area contributed by atoms with Crippen LogP contribution in [0.3, 0.4) is 0 Å². The van der Waals surface area contributed by atoms with Gasteiger partial charge >= 0.3 is 12.2 Å². The number of carbonyl (C=O) groups is 2. The Kier molecular flexibility index (Phi) is 9.78. The van der Waals surface area contributed by atoms with Crippen LogP contribution in [0.1, 0.15) is 38.3 Å². The summed E-state index contributed by atoms with van der Waals surface area (Å²) in [5.74, 6) is 1.08. The number of amides is 2. The fourth-order valence-corrected chi connectivity index (χ4v) is 3.47. The molecule has 2 aromatic carbocycles. The molecule has 0 atom stereocenters. The summed E-state index contributed by atoms with van der Waals surface area (Å²) in [6, 6.07) is 17.3. The Morgan fingerprint density at radius 1 is 1.00 bits per heavy atom. The van der Waals surface area contributed by atoms with Crippen molar-refractivity contribution < 1.29 is 28.5 Å². The summed E-state index contributed by atoms with van der Waals surface area (Å²) in [6.45, 7) is 9.06. The van der Waals surface area contributed by atoms with Gasteiger partial charge in [-0.05, 0) is 38.8 Å². The molecule has 0 bridgehead atoms. The van der Waals surface area contributed by atoms with Gasteiger partial charge in [-0.1, -0.05) is 48.5 Å². The molecule has 0 aliphatic carbocycles. The summed E-state index contributed by atoms with van der Waals surface area (Å²) in [4.78, 5) is 25.5. The van der Waals surface area contributed by atoms with E-state index in [1.165, 1.54) is 0 Å². The number of para-hydroxylation sites is 1. The maximum Gasteiger partial charge on any atom is 0.410 e. The van der Waals surface area contributed by atoms with E-state index in [9.17, 15) is 9.59 Å². The first-order valence-corrected chi connectivity index (χ1v) is 12.0. The SMILES string of the molecule is CC(C)(C)OC(=O)N1CC(COCc2ccccc2OCCCNC(=O)OCc2ccccc2)C1. The van der Waals surface area contributed by atoms with Gasteiger partial charge in [0.2, 0.25) is 0 Å². The van der Waals surface area contributed by atoms with Crippen molar-refractivity contribution in [3.05, 3.63) is 65.7 Å². The fraction of sp³-hybridized carbons (Fsp3) is 0.481. The third-order valence-electron chi connectivity index (χ3n) is 5.25. The summed E-state index contributed by atoms with van der Waals surface area (Å²) in [5, 5.41) is 2.73. The molecule has 2 aromatic rings. The van der Waals surface area contributed by atoms with Gasteiger partial charge in [0.1, 0.15) is 18.0 Å². The van der Waals surface area contributed by atoms with Crippen LogP contribution in [-0.2, 0) is 27.4 Å². The van der Waals surface area contributed by atoms with Crippen molar-refractivity contribution in [2.75, 3.05) is 32.8 Å². The molecule has 1 saturated heterocycles. The monoisotopic (exact) mass is 484 g/mol. The average Bonchev–Trinajstić information content (AvgIpc) is 2.79. The van der Waals surface area contributed by atoms with Gasteiger partial charge in [-0.2, -0.15) is 0 Å². The molecule has 2 amide bonds. The minimum absolute atomic E-state index is 0.246. The van der Waals surface area contributed by atoms with E-state index < -0.39 is 11.7 Å². The van der Waals surface area contributed by atoms with E-state index in [1.54, 1.807) is 4.90 Å². The van der Waals surface area contributed by atoms with Gasteiger partial charge in [-0.3, -0.25) is 0 Å². The fourth-order valence-electron chi connectivity index (χ4n) is 3.47. The lowest BCUT2D eigenvalue weighted by Gasteiger charge is -2.39. The molecule has 0 aromatic heterocycles. The zero-order chi connectivity index (χ0) is 25.1. The standard InChI is InChI=1S/C27H36N2O6/c1-27(2,3)35-26(31)29-16-22(17-29)18-32-20-23-12-7-8-13-24(23)33-15-9-14-28-25(30)34-19-21-10-5-4-6-11-21/h4-8,10-13,22H,9,14-20H2,1-3H3,(H,28,30). The first kappa shape index (κ1) is 26.3. The van der Waals surface area contributed by atoms with Gasteiger partial charge in [0, 0.05) is 31.1 Å². The maximum absolute atomic E-state index is 12.0. The van der Waals surface area contributed by atoms with Crippen LogP contribution in [0.15, 0.2) is 54.6 Å². The third kappa shape index (κ3) is 9.48. The smallest absolute Gasteiger partial charge is 0.410 e. The number of ether oxygens (including phenoxy) is 4. The van der Waals surface area contributed by atoms with Crippen LogP contribution in [0.25, 0.3) is 0 Å². The number of hydrogen-bond acceptors (Lipinski definition) is 6. The van der Waals surface area contributed by atoms with Crippen molar-refractivity contribution in [1.29, 1.82) is 0 Å². The van der Waals surface area contributed by atoms with Gasteiger partial charge in [0.15, 0.2) is 0 Å². The van der Waals surface area contributed by atoms with Crippen LogP contribution < -0.4 is 10.1 Å². The first-order valence-electron chi connectivity index (χ1n) is 12.0. The van der Waals surface area contributed by atoms with E-state index in [2.05, 4.69) is 5.32 Å². The molecule has 1 fully saturated rings. The second-order valence-electron chi connectivity index (χ2n) is 9.56. The molecule has 8 heteroatoms. The quantitative estimate of drug-likeness (QED) is 0.463. The van der Waals surface area contributed by atoms with Gasteiger partial charge in [-0.15, -0.1) is 0 Å². The summed E-state index contributed by atoms with van der Waals surface area (Å²) < 4.78 is 22.4. The summed E-state index contributed by atoms with van der Waals surface area (Å²) in [7, 11) is 0. The highest BCUT2D eigenvalue weighted by molar-refractivity contribution is 5.69.